The van der Waals surface area contributed by atoms with E-state index in [2.05, 4.69) is 10.4 Å². The molecule has 1 aliphatic rings. The lowest BCUT2D eigenvalue weighted by Gasteiger charge is -2.28. The summed E-state index contributed by atoms with van der Waals surface area (Å²) < 4.78 is 4.20. The number of amides is 1. The molecule has 1 fully saturated rings. The van der Waals surface area contributed by atoms with Crippen LogP contribution in [-0.2, 0) is 26.2 Å². The minimum absolute atomic E-state index is 0.0209. The molecule has 2 aromatic rings. The monoisotopic (exact) mass is 388 g/mol. The SMILES string of the molecule is Cn1cc(CN(C(=O)c2cnn(C(C)(C)C)c2)[C@H]2CCNC2)c(=O)n(C)c1=O. The second-order valence-electron chi connectivity index (χ2n) is 8.34. The summed E-state index contributed by atoms with van der Waals surface area (Å²) in [5, 5.41) is 7.59. The Balaban J connectivity index is 1.97. The van der Waals surface area contributed by atoms with Gasteiger partial charge >= 0.3 is 5.69 Å². The molecule has 152 valence electrons. The Morgan fingerprint density at radius 1 is 1.29 bits per heavy atom. The maximum Gasteiger partial charge on any atom is 0.330 e. The van der Waals surface area contributed by atoms with Crippen LogP contribution in [0.15, 0.2) is 28.2 Å². The maximum atomic E-state index is 13.3. The first kappa shape index (κ1) is 20.1. The fourth-order valence-corrected chi connectivity index (χ4v) is 3.41. The van der Waals surface area contributed by atoms with Crippen LogP contribution in [0.1, 0.15) is 43.1 Å². The smallest absolute Gasteiger partial charge is 0.330 e. The third kappa shape index (κ3) is 3.80. The molecule has 0 unspecified atom stereocenters. The molecule has 0 aliphatic carbocycles. The van der Waals surface area contributed by atoms with Gasteiger partial charge in [-0.3, -0.25) is 18.8 Å². The Morgan fingerprint density at radius 2 is 2.00 bits per heavy atom. The van der Waals surface area contributed by atoms with Gasteiger partial charge in [0.05, 0.1) is 29.4 Å². The van der Waals surface area contributed by atoms with Gasteiger partial charge < -0.3 is 14.8 Å². The minimum Gasteiger partial charge on any atom is -0.330 e. The highest BCUT2D eigenvalue weighted by Gasteiger charge is 2.30. The van der Waals surface area contributed by atoms with Gasteiger partial charge in [-0.15, -0.1) is 0 Å². The number of aryl methyl sites for hydroxylation is 1. The lowest BCUT2D eigenvalue weighted by Crippen LogP contribution is -2.45. The molecule has 1 aliphatic heterocycles. The van der Waals surface area contributed by atoms with Crippen molar-refractivity contribution in [3.05, 3.63) is 50.6 Å². The molecule has 1 atom stereocenters. The van der Waals surface area contributed by atoms with Crippen molar-refractivity contribution in [2.45, 2.75) is 45.3 Å². The van der Waals surface area contributed by atoms with E-state index in [1.165, 1.54) is 17.8 Å². The highest BCUT2D eigenvalue weighted by atomic mass is 16.2. The summed E-state index contributed by atoms with van der Waals surface area (Å²) in [4.78, 5) is 39.5. The summed E-state index contributed by atoms with van der Waals surface area (Å²) in [6.45, 7) is 7.68. The van der Waals surface area contributed by atoms with E-state index in [1.54, 1.807) is 29.0 Å². The largest absolute Gasteiger partial charge is 0.330 e. The van der Waals surface area contributed by atoms with E-state index in [1.807, 2.05) is 20.8 Å². The molecule has 1 saturated heterocycles. The van der Waals surface area contributed by atoms with Crippen LogP contribution < -0.4 is 16.6 Å². The van der Waals surface area contributed by atoms with E-state index < -0.39 is 0 Å². The van der Waals surface area contributed by atoms with Crippen molar-refractivity contribution in [2.24, 2.45) is 14.1 Å². The molecule has 28 heavy (non-hydrogen) atoms. The molecule has 1 N–H and O–H groups in total. The summed E-state index contributed by atoms with van der Waals surface area (Å²) in [6, 6.07) is -0.0209. The number of carbonyl (C=O) groups is 1. The first-order valence-electron chi connectivity index (χ1n) is 9.42. The van der Waals surface area contributed by atoms with E-state index in [4.69, 9.17) is 0 Å². The number of nitrogens with one attached hydrogen (secondary N) is 1. The Labute approximate surface area is 163 Å². The molecule has 2 aromatic heterocycles. The Bertz CT molecular complexity index is 988. The molecule has 1 amide bonds. The minimum atomic E-state index is -0.388. The van der Waals surface area contributed by atoms with Gasteiger partial charge in [-0.2, -0.15) is 5.10 Å². The Kier molecular flexibility index (Phi) is 5.29. The lowest BCUT2D eigenvalue weighted by molar-refractivity contribution is 0.0674. The second kappa shape index (κ2) is 7.38. The van der Waals surface area contributed by atoms with Gasteiger partial charge in [-0.1, -0.05) is 0 Å². The predicted molar refractivity (Wildman–Crippen MR) is 105 cm³/mol. The van der Waals surface area contributed by atoms with Crippen LogP contribution in [0.2, 0.25) is 0 Å². The van der Waals surface area contributed by atoms with Crippen LogP contribution >= 0.6 is 0 Å². The molecule has 0 bridgehead atoms. The maximum absolute atomic E-state index is 13.3. The average Bonchev–Trinajstić information content (AvgIpc) is 3.32. The Morgan fingerprint density at radius 3 is 2.57 bits per heavy atom. The van der Waals surface area contributed by atoms with Crippen LogP contribution in [-0.4, -0.2) is 48.9 Å². The summed E-state index contributed by atoms with van der Waals surface area (Å²) >= 11 is 0. The zero-order chi connectivity index (χ0) is 20.6. The van der Waals surface area contributed by atoms with Gasteiger partial charge in [-0.05, 0) is 33.7 Å². The van der Waals surface area contributed by atoms with Gasteiger partial charge in [0.2, 0.25) is 0 Å². The molecule has 9 heteroatoms. The van der Waals surface area contributed by atoms with Crippen molar-refractivity contribution in [3.8, 4) is 0 Å². The second-order valence-corrected chi connectivity index (χ2v) is 8.34. The first-order valence-corrected chi connectivity index (χ1v) is 9.42. The zero-order valence-corrected chi connectivity index (χ0v) is 17.1. The highest BCUT2D eigenvalue weighted by molar-refractivity contribution is 5.94. The molecular weight excluding hydrogens is 360 g/mol. The van der Waals surface area contributed by atoms with Crippen molar-refractivity contribution in [3.63, 3.8) is 0 Å². The van der Waals surface area contributed by atoms with Crippen LogP contribution in [0.5, 0.6) is 0 Å². The molecule has 0 spiro atoms. The van der Waals surface area contributed by atoms with Gasteiger partial charge in [-0.25, -0.2) is 4.79 Å². The van der Waals surface area contributed by atoms with Crippen molar-refractivity contribution in [1.82, 2.24) is 29.1 Å². The summed E-state index contributed by atoms with van der Waals surface area (Å²) in [5.41, 5.74) is -0.0965. The van der Waals surface area contributed by atoms with Gasteiger partial charge in [0.1, 0.15) is 0 Å². The fraction of sp³-hybridized carbons (Fsp3) is 0.579. The predicted octanol–water partition coefficient (Wildman–Crippen LogP) is 0.0398. The van der Waals surface area contributed by atoms with E-state index in [9.17, 15) is 14.4 Å². The van der Waals surface area contributed by atoms with Crippen LogP contribution in [0.25, 0.3) is 0 Å². The Hall–Kier alpha value is -2.68. The molecule has 0 radical (unpaired) electrons. The first-order chi connectivity index (χ1) is 13.1. The number of aromatic nitrogens is 4. The van der Waals surface area contributed by atoms with E-state index >= 15 is 0 Å². The number of hydrogen-bond acceptors (Lipinski definition) is 5. The topological polar surface area (TPSA) is 94.2 Å². The van der Waals surface area contributed by atoms with Crippen molar-refractivity contribution < 1.29 is 4.79 Å². The van der Waals surface area contributed by atoms with Gasteiger partial charge in [0, 0.05) is 39.1 Å². The van der Waals surface area contributed by atoms with E-state index in [0.29, 0.717) is 17.7 Å². The van der Waals surface area contributed by atoms with Gasteiger partial charge in [0.15, 0.2) is 0 Å². The fourth-order valence-electron chi connectivity index (χ4n) is 3.41. The zero-order valence-electron chi connectivity index (χ0n) is 17.1. The molecule has 3 heterocycles. The van der Waals surface area contributed by atoms with Gasteiger partial charge in [0.25, 0.3) is 11.5 Å². The van der Waals surface area contributed by atoms with Crippen molar-refractivity contribution in [1.29, 1.82) is 0 Å². The average molecular weight is 388 g/mol. The van der Waals surface area contributed by atoms with Crippen LogP contribution in [0, 0.1) is 0 Å². The third-order valence-corrected chi connectivity index (χ3v) is 5.11. The standard InChI is InChI=1S/C19H28N6O3/c1-19(2,3)25-12-13(8-21-25)17(27)24(15-6-7-20-9-15)11-14-10-22(4)18(28)23(5)16(14)26/h8,10,12,15,20H,6-7,9,11H2,1-5H3/t15-/m0/s1. The highest BCUT2D eigenvalue weighted by Crippen LogP contribution is 2.18. The number of carbonyl (C=O) groups excluding carboxylic acids is 1. The van der Waals surface area contributed by atoms with Crippen molar-refractivity contribution >= 4 is 5.91 Å². The van der Waals surface area contributed by atoms with E-state index in [-0.39, 0.29) is 35.3 Å². The molecule has 3 rings (SSSR count). The number of hydrogen-bond donors (Lipinski definition) is 1. The molecule has 0 saturated carbocycles. The van der Waals surface area contributed by atoms with Crippen molar-refractivity contribution in [2.75, 3.05) is 13.1 Å². The normalized spacial score (nSPS) is 17.1. The van der Waals surface area contributed by atoms with E-state index in [0.717, 1.165) is 17.5 Å². The third-order valence-electron chi connectivity index (χ3n) is 5.11. The summed E-state index contributed by atoms with van der Waals surface area (Å²) in [6.07, 6.45) is 5.65. The van der Waals surface area contributed by atoms with Crippen LogP contribution in [0.4, 0.5) is 0 Å². The number of nitrogens with zero attached hydrogens (tertiary/aromatic N) is 5. The summed E-state index contributed by atoms with van der Waals surface area (Å²) in [5.74, 6) is -0.167. The lowest BCUT2D eigenvalue weighted by atomic mass is 10.1. The quantitative estimate of drug-likeness (QED) is 0.798. The molecule has 0 aromatic carbocycles. The van der Waals surface area contributed by atoms with Crippen LogP contribution in [0.3, 0.4) is 0 Å². The number of rotatable bonds is 4. The molecule has 9 nitrogen and oxygen atoms in total. The summed E-state index contributed by atoms with van der Waals surface area (Å²) in [7, 11) is 3.05. The molecular formula is C19H28N6O3.